The molecule has 2 rings (SSSR count). The molecule has 1 atom stereocenters. The van der Waals surface area contributed by atoms with Crippen LogP contribution in [0.2, 0.25) is 0 Å². The summed E-state index contributed by atoms with van der Waals surface area (Å²) in [4.78, 5) is 20.6. The van der Waals surface area contributed by atoms with Gasteiger partial charge >= 0.3 is 5.97 Å². The van der Waals surface area contributed by atoms with E-state index in [9.17, 15) is 9.59 Å². The summed E-state index contributed by atoms with van der Waals surface area (Å²) in [5.41, 5.74) is 0.779. The van der Waals surface area contributed by atoms with Crippen molar-refractivity contribution in [3.8, 4) is 0 Å². The topological polar surface area (TPSA) is 54.4 Å². The number of aldehydes is 1. The lowest BCUT2D eigenvalue weighted by atomic mass is 9.90. The number of aliphatic carboxylic acids is 1. The standard InChI is InChI=1S/C7H12O2.C7H13OP/c8-7(9)6-4-2-1-3-5-6;8-5-6-1-3-7(9)4-2-6/h6H,1-5H2,(H,8,9);5-7H,1-4,9H2. The van der Waals surface area contributed by atoms with Gasteiger partial charge in [-0.25, -0.2) is 0 Å². The molecule has 104 valence electrons. The van der Waals surface area contributed by atoms with Crippen molar-refractivity contribution in [2.24, 2.45) is 11.8 Å². The van der Waals surface area contributed by atoms with Crippen molar-refractivity contribution in [1.82, 2.24) is 0 Å². The van der Waals surface area contributed by atoms with Gasteiger partial charge < -0.3 is 9.90 Å². The molecule has 0 bridgehead atoms. The van der Waals surface area contributed by atoms with Gasteiger partial charge in [-0.3, -0.25) is 4.79 Å². The van der Waals surface area contributed by atoms with E-state index in [2.05, 4.69) is 9.24 Å². The Morgan fingerprint density at radius 3 is 1.94 bits per heavy atom. The lowest BCUT2D eigenvalue weighted by molar-refractivity contribution is -0.142. The molecule has 18 heavy (non-hydrogen) atoms. The van der Waals surface area contributed by atoms with Crippen LogP contribution in [0.25, 0.3) is 0 Å². The highest BCUT2D eigenvalue weighted by Crippen LogP contribution is 2.27. The summed E-state index contributed by atoms with van der Waals surface area (Å²) in [5, 5.41) is 8.54. The van der Waals surface area contributed by atoms with E-state index in [1.54, 1.807) is 0 Å². The fourth-order valence-corrected chi connectivity index (χ4v) is 3.02. The largest absolute Gasteiger partial charge is 0.481 e. The van der Waals surface area contributed by atoms with Crippen LogP contribution >= 0.6 is 9.24 Å². The molecule has 0 spiro atoms. The summed E-state index contributed by atoms with van der Waals surface area (Å²) in [7, 11) is 2.83. The van der Waals surface area contributed by atoms with Gasteiger partial charge in [-0.15, -0.1) is 9.24 Å². The molecule has 0 amide bonds. The maximum absolute atomic E-state index is 10.4. The second-order valence-corrected chi connectivity index (χ2v) is 6.43. The van der Waals surface area contributed by atoms with Crippen LogP contribution < -0.4 is 0 Å². The number of hydrogen-bond donors (Lipinski definition) is 1. The van der Waals surface area contributed by atoms with Crippen molar-refractivity contribution in [1.29, 1.82) is 0 Å². The zero-order valence-corrected chi connectivity index (χ0v) is 12.2. The Bertz CT molecular complexity index is 254. The summed E-state index contributed by atoms with van der Waals surface area (Å²) < 4.78 is 0. The smallest absolute Gasteiger partial charge is 0.306 e. The number of hydrogen-bond acceptors (Lipinski definition) is 2. The van der Waals surface area contributed by atoms with Crippen molar-refractivity contribution in [2.75, 3.05) is 0 Å². The van der Waals surface area contributed by atoms with Gasteiger partial charge in [-0.05, 0) is 44.2 Å². The predicted molar refractivity (Wildman–Crippen MR) is 75.7 cm³/mol. The molecule has 2 aliphatic rings. The first-order valence-electron chi connectivity index (χ1n) is 7.07. The summed E-state index contributed by atoms with van der Waals surface area (Å²) in [6.45, 7) is 0. The van der Waals surface area contributed by atoms with Crippen molar-refractivity contribution in [3.05, 3.63) is 0 Å². The number of carbonyl (C=O) groups excluding carboxylic acids is 1. The maximum Gasteiger partial charge on any atom is 0.306 e. The summed E-state index contributed by atoms with van der Waals surface area (Å²) >= 11 is 0. The Kier molecular flexibility index (Phi) is 7.50. The third kappa shape index (κ3) is 5.95. The van der Waals surface area contributed by atoms with E-state index in [-0.39, 0.29) is 5.92 Å². The minimum absolute atomic E-state index is 0.0289. The molecule has 0 saturated heterocycles. The first-order valence-corrected chi connectivity index (χ1v) is 7.73. The maximum atomic E-state index is 10.4. The van der Waals surface area contributed by atoms with Gasteiger partial charge in [0.15, 0.2) is 0 Å². The minimum atomic E-state index is -0.602. The molecule has 0 aliphatic heterocycles. The zero-order valence-electron chi connectivity index (χ0n) is 11.0. The number of carbonyl (C=O) groups is 2. The van der Waals surface area contributed by atoms with Gasteiger partial charge in [-0.1, -0.05) is 19.3 Å². The molecule has 2 fully saturated rings. The molecule has 0 aromatic rings. The molecule has 1 N–H and O–H groups in total. The van der Waals surface area contributed by atoms with Crippen LogP contribution in [0.5, 0.6) is 0 Å². The third-order valence-electron chi connectivity index (χ3n) is 3.96. The Labute approximate surface area is 112 Å². The molecule has 0 radical (unpaired) electrons. The normalized spacial score (nSPS) is 28.9. The van der Waals surface area contributed by atoms with Crippen molar-refractivity contribution in [3.63, 3.8) is 0 Å². The summed E-state index contributed by atoms with van der Waals surface area (Å²) in [6, 6.07) is 0. The highest BCUT2D eigenvalue weighted by molar-refractivity contribution is 7.17. The average molecular weight is 272 g/mol. The molecule has 0 aromatic heterocycles. The van der Waals surface area contributed by atoms with E-state index in [1.165, 1.54) is 19.3 Å². The van der Waals surface area contributed by atoms with Gasteiger partial charge in [0.2, 0.25) is 0 Å². The molecular weight excluding hydrogens is 247 g/mol. The Balaban J connectivity index is 0.000000180. The van der Waals surface area contributed by atoms with E-state index in [4.69, 9.17) is 5.11 Å². The van der Waals surface area contributed by atoms with Crippen LogP contribution in [0.3, 0.4) is 0 Å². The zero-order chi connectivity index (χ0) is 13.4. The van der Waals surface area contributed by atoms with Crippen LogP contribution in [0.4, 0.5) is 0 Å². The van der Waals surface area contributed by atoms with E-state index in [0.717, 1.165) is 50.5 Å². The van der Waals surface area contributed by atoms with Crippen molar-refractivity contribution in [2.45, 2.75) is 63.4 Å². The van der Waals surface area contributed by atoms with Gasteiger partial charge in [-0.2, -0.15) is 0 Å². The third-order valence-corrected chi connectivity index (χ3v) is 4.63. The Morgan fingerprint density at radius 2 is 1.56 bits per heavy atom. The molecule has 1 unspecified atom stereocenters. The molecule has 2 aliphatic carbocycles. The molecule has 0 aromatic carbocycles. The lowest BCUT2D eigenvalue weighted by Gasteiger charge is -2.21. The van der Waals surface area contributed by atoms with E-state index in [0.29, 0.717) is 5.92 Å². The molecule has 0 heterocycles. The molecular formula is C14H25O3P. The van der Waals surface area contributed by atoms with Crippen LogP contribution in [-0.2, 0) is 9.59 Å². The quantitative estimate of drug-likeness (QED) is 0.620. The van der Waals surface area contributed by atoms with E-state index >= 15 is 0 Å². The number of rotatable bonds is 2. The van der Waals surface area contributed by atoms with E-state index < -0.39 is 5.97 Å². The van der Waals surface area contributed by atoms with Gasteiger partial charge in [0.1, 0.15) is 6.29 Å². The van der Waals surface area contributed by atoms with Crippen molar-refractivity contribution < 1.29 is 14.7 Å². The molecule has 4 heteroatoms. The fourth-order valence-electron chi connectivity index (χ4n) is 2.63. The number of carboxylic acid groups (broad SMARTS) is 1. The highest BCUT2D eigenvalue weighted by Gasteiger charge is 2.19. The second-order valence-electron chi connectivity index (χ2n) is 5.48. The van der Waals surface area contributed by atoms with E-state index in [1.807, 2.05) is 0 Å². The first-order chi connectivity index (χ1) is 8.63. The van der Waals surface area contributed by atoms with Gasteiger partial charge in [0.05, 0.1) is 5.92 Å². The van der Waals surface area contributed by atoms with Crippen LogP contribution in [-0.4, -0.2) is 23.0 Å². The minimum Gasteiger partial charge on any atom is -0.481 e. The average Bonchev–Trinajstić information content (AvgIpc) is 2.41. The van der Waals surface area contributed by atoms with Crippen molar-refractivity contribution >= 4 is 21.5 Å². The fraction of sp³-hybridized carbons (Fsp3) is 0.857. The molecule has 3 nitrogen and oxygen atoms in total. The van der Waals surface area contributed by atoms with Crippen LogP contribution in [0, 0.1) is 11.8 Å². The summed E-state index contributed by atoms with van der Waals surface area (Å²) in [6.07, 6.45) is 11.0. The van der Waals surface area contributed by atoms with Crippen LogP contribution in [0.1, 0.15) is 57.8 Å². The lowest BCUT2D eigenvalue weighted by Crippen LogP contribution is -2.16. The second kappa shape index (κ2) is 8.63. The monoisotopic (exact) mass is 272 g/mol. The van der Waals surface area contributed by atoms with Crippen LogP contribution in [0.15, 0.2) is 0 Å². The SMILES string of the molecule is O=C(O)C1CCCCC1.O=CC1CCC(P)CC1. The Morgan fingerprint density at radius 1 is 1.00 bits per heavy atom. The van der Waals surface area contributed by atoms with Gasteiger partial charge in [0.25, 0.3) is 0 Å². The molecule has 2 saturated carbocycles. The Hall–Kier alpha value is -0.430. The predicted octanol–water partition coefficient (Wildman–Crippen LogP) is 3.27. The highest BCUT2D eigenvalue weighted by atomic mass is 31.0. The summed E-state index contributed by atoms with van der Waals surface area (Å²) in [5.74, 6) is -0.254. The number of carboxylic acids is 1. The first kappa shape index (κ1) is 15.6. The van der Waals surface area contributed by atoms with Gasteiger partial charge in [0, 0.05) is 5.92 Å².